The van der Waals surface area contributed by atoms with Crippen molar-refractivity contribution in [2.45, 2.75) is 19.6 Å². The van der Waals surface area contributed by atoms with E-state index in [2.05, 4.69) is 0 Å². The average Bonchev–Trinajstić information content (AvgIpc) is 3.33. The molecule has 5 aromatic rings. The molecule has 0 radical (unpaired) electrons. The second-order valence-electron chi connectivity index (χ2n) is 7.96. The minimum atomic E-state index is -0.777. The van der Waals surface area contributed by atoms with Crippen LogP contribution in [0.25, 0.3) is 28.2 Å². The molecule has 1 atom stereocenters. The van der Waals surface area contributed by atoms with Gasteiger partial charge in [-0.15, -0.1) is 0 Å². The number of fused-ring (bicyclic) bond motifs is 3. The molecule has 0 aliphatic carbocycles. The summed E-state index contributed by atoms with van der Waals surface area (Å²) in [6.45, 7) is 2.16. The number of hydrogen-bond donors (Lipinski definition) is 1. The first-order valence-corrected chi connectivity index (χ1v) is 10.4. The van der Waals surface area contributed by atoms with Crippen LogP contribution in [0.5, 0.6) is 0 Å². The highest BCUT2D eigenvalue weighted by atomic mass is 16.3. The van der Waals surface area contributed by atoms with Gasteiger partial charge in [0, 0.05) is 25.4 Å². The Balaban J connectivity index is 1.86. The normalized spacial score (nSPS) is 12.6. The van der Waals surface area contributed by atoms with Gasteiger partial charge in [0.1, 0.15) is 0 Å². The summed E-state index contributed by atoms with van der Waals surface area (Å²) in [6, 6.07) is 19.2. The molecule has 0 saturated heterocycles. The number of rotatable bonds is 4. The van der Waals surface area contributed by atoms with E-state index in [0.29, 0.717) is 16.9 Å². The van der Waals surface area contributed by atoms with Crippen LogP contribution in [-0.4, -0.2) is 28.2 Å². The number of hydrogen-bond acceptors (Lipinski definition) is 4. The molecule has 0 spiro atoms. The smallest absolute Gasteiger partial charge is 0.332 e. The van der Waals surface area contributed by atoms with Crippen LogP contribution < -0.4 is 11.2 Å². The highest BCUT2D eigenvalue weighted by Gasteiger charge is 2.25. The Labute approximate surface area is 183 Å². The van der Waals surface area contributed by atoms with Crippen LogP contribution in [0.1, 0.15) is 17.4 Å². The zero-order valence-electron chi connectivity index (χ0n) is 18.1. The lowest BCUT2D eigenvalue weighted by Gasteiger charge is -2.15. The van der Waals surface area contributed by atoms with Crippen molar-refractivity contribution in [2.24, 2.45) is 14.1 Å². The fourth-order valence-corrected chi connectivity index (χ4v) is 4.37. The lowest BCUT2D eigenvalue weighted by atomic mass is 10.1. The van der Waals surface area contributed by atoms with E-state index in [1.54, 1.807) is 11.4 Å². The second-order valence-corrected chi connectivity index (χ2v) is 7.96. The topological polar surface area (TPSA) is 86.5 Å². The van der Waals surface area contributed by atoms with Gasteiger partial charge in [0.05, 0.1) is 18.3 Å². The summed E-state index contributed by atoms with van der Waals surface area (Å²) < 4.78 is 6.18. The maximum absolute atomic E-state index is 13.1. The van der Waals surface area contributed by atoms with E-state index in [0.717, 1.165) is 27.1 Å². The Bertz CT molecular complexity index is 1570. The molecule has 0 unspecified atom stereocenters. The Kier molecular flexibility index (Phi) is 4.60. The van der Waals surface area contributed by atoms with Gasteiger partial charge >= 0.3 is 5.69 Å². The summed E-state index contributed by atoms with van der Waals surface area (Å²) in [5.74, 6) is 0.504. The number of nitrogens with zero attached hydrogens (tertiary/aromatic N) is 5. The molecular weight excluding hydrogens is 406 g/mol. The molecule has 3 heterocycles. The highest BCUT2D eigenvalue weighted by Crippen LogP contribution is 2.31. The zero-order chi connectivity index (χ0) is 22.6. The molecule has 2 aromatic carbocycles. The quantitative estimate of drug-likeness (QED) is 0.475. The lowest BCUT2D eigenvalue weighted by molar-refractivity contribution is 0.158. The highest BCUT2D eigenvalue weighted by molar-refractivity contribution is 5.79. The van der Waals surface area contributed by atoms with Gasteiger partial charge in [-0.05, 0) is 12.5 Å². The third-order valence-electron chi connectivity index (χ3n) is 6.02. The van der Waals surface area contributed by atoms with Gasteiger partial charge in [-0.1, -0.05) is 60.7 Å². The number of aryl methyl sites for hydroxylation is 2. The van der Waals surface area contributed by atoms with Gasteiger partial charge in [0.2, 0.25) is 5.78 Å². The van der Waals surface area contributed by atoms with Crippen molar-refractivity contribution in [3.8, 4) is 11.3 Å². The van der Waals surface area contributed by atoms with Crippen molar-refractivity contribution in [3.63, 3.8) is 0 Å². The van der Waals surface area contributed by atoms with Crippen molar-refractivity contribution >= 4 is 16.9 Å². The van der Waals surface area contributed by atoms with Crippen LogP contribution in [0.4, 0.5) is 0 Å². The van der Waals surface area contributed by atoms with Crippen LogP contribution >= 0.6 is 0 Å². The number of aliphatic hydroxyl groups excluding tert-OH is 1. The van der Waals surface area contributed by atoms with E-state index in [-0.39, 0.29) is 6.54 Å². The van der Waals surface area contributed by atoms with Crippen LogP contribution in [0, 0.1) is 6.92 Å². The standard InChI is InChI=1S/C24H23N5O3/c1-15-19(17-12-8-5-9-13-17)28(14-18(30)16-10-6-4-7-11-16)23-25-21-20(29(15)23)22(31)27(3)24(32)26(21)2/h4-13,18,30H,14H2,1-3H3/t18-/m1/s1. The molecular formula is C24H23N5O3. The predicted molar refractivity (Wildman–Crippen MR) is 123 cm³/mol. The lowest BCUT2D eigenvalue weighted by Crippen LogP contribution is -2.37. The molecule has 3 aromatic heterocycles. The van der Waals surface area contributed by atoms with Crippen molar-refractivity contribution in [1.29, 1.82) is 0 Å². The monoisotopic (exact) mass is 429 g/mol. The van der Waals surface area contributed by atoms with E-state index in [9.17, 15) is 14.7 Å². The van der Waals surface area contributed by atoms with Crippen LogP contribution in [0.3, 0.4) is 0 Å². The Morgan fingerprint density at radius 3 is 2.22 bits per heavy atom. The third kappa shape index (κ3) is 2.84. The largest absolute Gasteiger partial charge is 0.387 e. The summed E-state index contributed by atoms with van der Waals surface area (Å²) in [6.07, 6.45) is -0.777. The van der Waals surface area contributed by atoms with Gasteiger partial charge in [0.25, 0.3) is 5.56 Å². The first kappa shape index (κ1) is 20.0. The molecule has 0 aliphatic rings. The fourth-order valence-electron chi connectivity index (χ4n) is 4.37. The van der Waals surface area contributed by atoms with Gasteiger partial charge in [-0.25, -0.2) is 4.79 Å². The summed E-state index contributed by atoms with van der Waals surface area (Å²) in [5, 5.41) is 11.0. The van der Waals surface area contributed by atoms with E-state index in [1.165, 1.54) is 11.6 Å². The maximum atomic E-state index is 13.1. The summed E-state index contributed by atoms with van der Waals surface area (Å²) >= 11 is 0. The van der Waals surface area contributed by atoms with E-state index in [1.807, 2.05) is 72.2 Å². The molecule has 8 heteroatoms. The Morgan fingerprint density at radius 2 is 1.56 bits per heavy atom. The SMILES string of the molecule is Cc1c(-c2ccccc2)n(C[C@@H](O)c2ccccc2)c2nc3c(c(=O)n(C)c(=O)n3C)n12. The zero-order valence-corrected chi connectivity index (χ0v) is 18.1. The molecule has 0 amide bonds. The molecule has 0 bridgehead atoms. The predicted octanol–water partition coefficient (Wildman–Crippen LogP) is 2.40. The molecule has 8 nitrogen and oxygen atoms in total. The summed E-state index contributed by atoms with van der Waals surface area (Å²) in [4.78, 5) is 30.2. The molecule has 5 rings (SSSR count). The number of aliphatic hydroxyl groups is 1. The molecule has 1 N–H and O–H groups in total. The average molecular weight is 429 g/mol. The number of imidazole rings is 2. The van der Waals surface area contributed by atoms with Gasteiger partial charge in [0.15, 0.2) is 11.2 Å². The Morgan fingerprint density at radius 1 is 0.938 bits per heavy atom. The number of aromatic nitrogens is 5. The molecule has 0 aliphatic heterocycles. The van der Waals surface area contributed by atoms with Crippen molar-refractivity contribution in [3.05, 3.63) is 92.8 Å². The molecule has 0 fully saturated rings. The molecule has 162 valence electrons. The van der Waals surface area contributed by atoms with Crippen LogP contribution in [0.15, 0.2) is 70.3 Å². The number of benzene rings is 2. The third-order valence-corrected chi connectivity index (χ3v) is 6.02. The second kappa shape index (κ2) is 7.35. The minimum Gasteiger partial charge on any atom is -0.387 e. The first-order valence-electron chi connectivity index (χ1n) is 10.4. The van der Waals surface area contributed by atoms with Crippen LogP contribution in [-0.2, 0) is 20.6 Å². The summed E-state index contributed by atoms with van der Waals surface area (Å²) in [7, 11) is 3.07. The van der Waals surface area contributed by atoms with Crippen molar-refractivity contribution in [1.82, 2.24) is 23.1 Å². The van der Waals surface area contributed by atoms with Gasteiger partial charge < -0.3 is 9.67 Å². The van der Waals surface area contributed by atoms with E-state index < -0.39 is 17.4 Å². The maximum Gasteiger partial charge on any atom is 0.332 e. The molecule has 0 saturated carbocycles. The van der Waals surface area contributed by atoms with Gasteiger partial charge in [-0.2, -0.15) is 4.98 Å². The van der Waals surface area contributed by atoms with Crippen molar-refractivity contribution < 1.29 is 5.11 Å². The first-order chi connectivity index (χ1) is 15.4. The van der Waals surface area contributed by atoms with E-state index >= 15 is 0 Å². The fraction of sp³-hybridized carbons (Fsp3) is 0.208. The summed E-state index contributed by atoms with van der Waals surface area (Å²) in [5.41, 5.74) is 3.23. The van der Waals surface area contributed by atoms with Crippen molar-refractivity contribution in [2.75, 3.05) is 0 Å². The van der Waals surface area contributed by atoms with Gasteiger partial charge in [-0.3, -0.25) is 18.3 Å². The minimum absolute atomic E-state index is 0.239. The van der Waals surface area contributed by atoms with Crippen LogP contribution in [0.2, 0.25) is 0 Å². The Hall–Kier alpha value is -3.91. The molecule has 32 heavy (non-hydrogen) atoms. The van der Waals surface area contributed by atoms with E-state index in [4.69, 9.17) is 4.98 Å².